The number of H-pyrrole nitrogens is 1. The summed E-state index contributed by atoms with van der Waals surface area (Å²) in [6.07, 6.45) is 7.92. The van der Waals surface area contributed by atoms with E-state index in [9.17, 15) is 5.26 Å². The molecule has 0 fully saturated rings. The zero-order valence-corrected chi connectivity index (χ0v) is 14.2. The average Bonchev–Trinajstić information content (AvgIpc) is 3.28. The Balaban J connectivity index is 1.94. The third kappa shape index (κ3) is 2.57. The molecule has 25 heavy (non-hydrogen) atoms. The van der Waals surface area contributed by atoms with Crippen molar-refractivity contribution in [3.05, 3.63) is 65.3 Å². The maximum atomic E-state index is 9.61. The van der Waals surface area contributed by atoms with Gasteiger partial charge in [0, 0.05) is 29.2 Å². The Hall–Kier alpha value is -3.10. The summed E-state index contributed by atoms with van der Waals surface area (Å²) in [6.45, 7) is 2.09. The molecule has 122 valence electrons. The molecule has 0 unspecified atom stereocenters. The maximum absolute atomic E-state index is 9.61. The Bertz CT molecular complexity index is 1120. The van der Waals surface area contributed by atoms with Crippen LogP contribution in [0.1, 0.15) is 18.1 Å². The molecular formula is C19H14ClN5. The predicted octanol–water partition coefficient (Wildman–Crippen LogP) is 4.50. The lowest BCUT2D eigenvalue weighted by Crippen LogP contribution is -1.96. The standard InChI is InChI=1S/C19H14ClN5/c1-2-12-3-4-14(20)7-16(12)17-10-25(9-13(17)8-21)19-15-5-6-22-18(15)23-11-24-19/h3-7,9-11H,2H2,1H3,(H,22,23,24). The molecule has 0 amide bonds. The Labute approximate surface area is 149 Å². The number of nitriles is 1. The summed E-state index contributed by atoms with van der Waals surface area (Å²) in [5.41, 5.74) is 4.32. The fourth-order valence-corrected chi connectivity index (χ4v) is 3.22. The van der Waals surface area contributed by atoms with Gasteiger partial charge < -0.3 is 9.55 Å². The van der Waals surface area contributed by atoms with Gasteiger partial charge in [-0.3, -0.25) is 0 Å². The van der Waals surface area contributed by atoms with Crippen LogP contribution in [0.2, 0.25) is 5.02 Å². The predicted molar refractivity (Wildman–Crippen MR) is 97.8 cm³/mol. The van der Waals surface area contributed by atoms with Crippen molar-refractivity contribution >= 4 is 22.6 Å². The van der Waals surface area contributed by atoms with E-state index in [2.05, 4.69) is 27.9 Å². The molecule has 4 rings (SSSR count). The number of hydrogen-bond donors (Lipinski definition) is 1. The number of fused-ring (bicyclic) bond motifs is 1. The van der Waals surface area contributed by atoms with Crippen LogP contribution >= 0.6 is 11.6 Å². The molecule has 0 aliphatic heterocycles. The molecular weight excluding hydrogens is 334 g/mol. The lowest BCUT2D eigenvalue weighted by Gasteiger charge is -2.07. The van der Waals surface area contributed by atoms with Crippen molar-refractivity contribution in [3.8, 4) is 23.0 Å². The van der Waals surface area contributed by atoms with E-state index in [0.717, 1.165) is 40.0 Å². The van der Waals surface area contributed by atoms with Crippen molar-refractivity contribution in [1.82, 2.24) is 19.5 Å². The zero-order chi connectivity index (χ0) is 17.4. The van der Waals surface area contributed by atoms with E-state index in [1.165, 1.54) is 6.33 Å². The molecule has 0 aliphatic rings. The van der Waals surface area contributed by atoms with Gasteiger partial charge in [0.05, 0.1) is 10.9 Å². The number of hydrogen-bond acceptors (Lipinski definition) is 3. The molecule has 4 aromatic rings. The summed E-state index contributed by atoms with van der Waals surface area (Å²) >= 11 is 6.19. The number of aryl methyl sites for hydroxylation is 1. The number of nitrogens with zero attached hydrogens (tertiary/aromatic N) is 4. The third-order valence-corrected chi connectivity index (χ3v) is 4.50. The van der Waals surface area contributed by atoms with Gasteiger partial charge in [-0.05, 0) is 35.7 Å². The minimum atomic E-state index is 0.583. The fourth-order valence-electron chi connectivity index (χ4n) is 3.05. The van der Waals surface area contributed by atoms with Crippen molar-refractivity contribution in [2.45, 2.75) is 13.3 Å². The van der Waals surface area contributed by atoms with Crippen LogP contribution in [0, 0.1) is 11.3 Å². The van der Waals surface area contributed by atoms with Gasteiger partial charge in [0.25, 0.3) is 0 Å². The second-order valence-electron chi connectivity index (χ2n) is 5.70. The van der Waals surface area contributed by atoms with Gasteiger partial charge in [-0.2, -0.15) is 5.26 Å². The van der Waals surface area contributed by atoms with Crippen LogP contribution < -0.4 is 0 Å². The van der Waals surface area contributed by atoms with Gasteiger partial charge in [-0.25, -0.2) is 9.97 Å². The Morgan fingerprint density at radius 2 is 2.08 bits per heavy atom. The summed E-state index contributed by atoms with van der Waals surface area (Å²) in [6, 6.07) is 10.00. The van der Waals surface area contributed by atoms with Crippen LogP contribution in [-0.2, 0) is 6.42 Å². The average molecular weight is 348 g/mol. The quantitative estimate of drug-likeness (QED) is 0.593. The second-order valence-corrected chi connectivity index (χ2v) is 6.13. The number of aromatic amines is 1. The van der Waals surface area contributed by atoms with Gasteiger partial charge >= 0.3 is 0 Å². The molecule has 0 atom stereocenters. The second kappa shape index (κ2) is 6.08. The molecule has 0 aliphatic carbocycles. The first-order valence-electron chi connectivity index (χ1n) is 7.90. The smallest absolute Gasteiger partial charge is 0.149 e. The summed E-state index contributed by atoms with van der Waals surface area (Å²) < 4.78 is 1.87. The maximum Gasteiger partial charge on any atom is 0.149 e. The van der Waals surface area contributed by atoms with Crippen LogP contribution in [0.5, 0.6) is 0 Å². The summed E-state index contributed by atoms with van der Waals surface area (Å²) in [5, 5.41) is 11.2. The first-order valence-corrected chi connectivity index (χ1v) is 8.28. The SMILES string of the molecule is CCc1ccc(Cl)cc1-c1cn(-c2ncnc3[nH]ccc23)cc1C#N. The van der Waals surface area contributed by atoms with Crippen molar-refractivity contribution in [3.63, 3.8) is 0 Å². The van der Waals surface area contributed by atoms with Crippen LogP contribution in [0.25, 0.3) is 28.0 Å². The normalized spacial score (nSPS) is 10.9. The third-order valence-electron chi connectivity index (χ3n) is 4.27. The molecule has 0 radical (unpaired) electrons. The Morgan fingerprint density at radius 1 is 1.20 bits per heavy atom. The summed E-state index contributed by atoms with van der Waals surface area (Å²) in [4.78, 5) is 11.7. The molecule has 0 saturated heterocycles. The highest BCUT2D eigenvalue weighted by molar-refractivity contribution is 6.30. The number of nitrogens with one attached hydrogen (secondary N) is 1. The lowest BCUT2D eigenvalue weighted by atomic mass is 9.98. The van der Waals surface area contributed by atoms with Crippen molar-refractivity contribution in [1.29, 1.82) is 5.26 Å². The molecule has 1 aromatic carbocycles. The van der Waals surface area contributed by atoms with Crippen LogP contribution in [0.3, 0.4) is 0 Å². The van der Waals surface area contributed by atoms with E-state index < -0.39 is 0 Å². The molecule has 0 spiro atoms. The topological polar surface area (TPSA) is 70.3 Å². The lowest BCUT2D eigenvalue weighted by molar-refractivity contribution is 1.00. The Kier molecular flexibility index (Phi) is 3.75. The minimum absolute atomic E-state index is 0.583. The molecule has 6 heteroatoms. The number of halogens is 1. The van der Waals surface area contributed by atoms with Crippen LogP contribution in [-0.4, -0.2) is 19.5 Å². The zero-order valence-electron chi connectivity index (χ0n) is 13.5. The van der Waals surface area contributed by atoms with Crippen LogP contribution in [0.4, 0.5) is 0 Å². The molecule has 0 saturated carbocycles. The van der Waals surface area contributed by atoms with E-state index >= 15 is 0 Å². The first kappa shape index (κ1) is 15.4. The van der Waals surface area contributed by atoms with Gasteiger partial charge in [-0.15, -0.1) is 0 Å². The van der Waals surface area contributed by atoms with Crippen molar-refractivity contribution in [2.24, 2.45) is 0 Å². The highest BCUT2D eigenvalue weighted by atomic mass is 35.5. The van der Waals surface area contributed by atoms with E-state index in [4.69, 9.17) is 11.6 Å². The molecule has 3 aromatic heterocycles. The molecule has 0 bridgehead atoms. The molecule has 3 heterocycles. The number of rotatable bonds is 3. The monoisotopic (exact) mass is 347 g/mol. The van der Waals surface area contributed by atoms with E-state index in [1.807, 2.05) is 41.2 Å². The van der Waals surface area contributed by atoms with Crippen molar-refractivity contribution < 1.29 is 0 Å². The number of benzene rings is 1. The highest BCUT2D eigenvalue weighted by Gasteiger charge is 2.15. The van der Waals surface area contributed by atoms with Gasteiger partial charge in [0.15, 0.2) is 0 Å². The minimum Gasteiger partial charge on any atom is -0.346 e. The van der Waals surface area contributed by atoms with E-state index in [0.29, 0.717) is 10.6 Å². The summed E-state index contributed by atoms with van der Waals surface area (Å²) in [5.74, 6) is 0.731. The van der Waals surface area contributed by atoms with E-state index in [-0.39, 0.29) is 0 Å². The van der Waals surface area contributed by atoms with Crippen molar-refractivity contribution in [2.75, 3.05) is 0 Å². The van der Waals surface area contributed by atoms with Gasteiger partial charge in [-0.1, -0.05) is 24.6 Å². The number of aromatic nitrogens is 4. The first-order chi connectivity index (χ1) is 12.2. The molecule has 5 nitrogen and oxygen atoms in total. The Morgan fingerprint density at radius 3 is 2.88 bits per heavy atom. The van der Waals surface area contributed by atoms with Crippen LogP contribution in [0.15, 0.2) is 49.2 Å². The summed E-state index contributed by atoms with van der Waals surface area (Å²) in [7, 11) is 0. The van der Waals surface area contributed by atoms with Gasteiger partial charge in [0.1, 0.15) is 23.9 Å². The van der Waals surface area contributed by atoms with E-state index in [1.54, 1.807) is 6.20 Å². The van der Waals surface area contributed by atoms with Gasteiger partial charge in [0.2, 0.25) is 0 Å². The molecule has 1 N–H and O–H groups in total. The highest BCUT2D eigenvalue weighted by Crippen LogP contribution is 2.32. The fraction of sp³-hybridized carbons (Fsp3) is 0.105. The largest absolute Gasteiger partial charge is 0.346 e.